The minimum absolute atomic E-state index is 0.158. The van der Waals surface area contributed by atoms with E-state index in [-0.39, 0.29) is 12.5 Å². The van der Waals surface area contributed by atoms with E-state index >= 15 is 0 Å². The number of hydrogen-bond donors (Lipinski definition) is 0. The van der Waals surface area contributed by atoms with E-state index in [1.165, 1.54) is 0 Å². The third kappa shape index (κ3) is 12.2. The zero-order chi connectivity index (χ0) is 27.0. The summed E-state index contributed by atoms with van der Waals surface area (Å²) in [7, 11) is 0. The maximum atomic E-state index is 12.4. The zero-order valence-electron chi connectivity index (χ0n) is 22.6. The van der Waals surface area contributed by atoms with Crippen LogP contribution in [0.1, 0.15) is 91.1 Å². The van der Waals surface area contributed by atoms with Gasteiger partial charge in [0.15, 0.2) is 0 Å². The van der Waals surface area contributed by atoms with Crippen molar-refractivity contribution in [2.45, 2.75) is 111 Å². The zero-order valence-corrected chi connectivity index (χ0v) is 22.6. The van der Waals surface area contributed by atoms with Crippen molar-refractivity contribution in [2.75, 3.05) is 0 Å². The second-order valence-corrected chi connectivity index (χ2v) is 10.9. The van der Waals surface area contributed by atoms with Crippen molar-refractivity contribution in [3.8, 4) is 0 Å². The predicted molar refractivity (Wildman–Crippen MR) is 128 cm³/mol. The van der Waals surface area contributed by atoms with Crippen LogP contribution in [-0.2, 0) is 38.6 Å². The van der Waals surface area contributed by atoms with Crippen LogP contribution in [0.5, 0.6) is 0 Å². The van der Waals surface area contributed by atoms with Crippen LogP contribution in [0.3, 0.4) is 0 Å². The Hall–Kier alpha value is -2.49. The maximum absolute atomic E-state index is 12.4. The van der Waals surface area contributed by atoms with Gasteiger partial charge in [0.2, 0.25) is 0 Å². The number of benzene rings is 1. The summed E-state index contributed by atoms with van der Waals surface area (Å²) in [6, 6.07) is 6.96. The van der Waals surface area contributed by atoms with Crippen LogP contribution in [0.25, 0.3) is 0 Å². The van der Waals surface area contributed by atoms with Gasteiger partial charge in [-0.1, -0.05) is 18.2 Å². The quantitative estimate of drug-likeness (QED) is 0.180. The van der Waals surface area contributed by atoms with Crippen LogP contribution in [-0.4, -0.2) is 46.9 Å². The highest BCUT2D eigenvalue weighted by Gasteiger charge is 2.35. The van der Waals surface area contributed by atoms with Crippen LogP contribution in [0.2, 0.25) is 0 Å². The Morgan fingerprint density at radius 3 is 1.69 bits per heavy atom. The first-order chi connectivity index (χ1) is 15.9. The predicted octanol–water partition coefficient (Wildman–Crippen LogP) is 5.03. The van der Waals surface area contributed by atoms with Gasteiger partial charge in [-0.3, -0.25) is 4.89 Å². The van der Waals surface area contributed by atoms with Gasteiger partial charge in [0, 0.05) is 12.8 Å². The molecule has 0 aliphatic heterocycles. The molecule has 0 N–H and O–H groups in total. The summed E-state index contributed by atoms with van der Waals surface area (Å²) in [5.41, 5.74) is -1.43. The topological polar surface area (TPSA) is 107 Å². The second kappa shape index (κ2) is 12.5. The lowest BCUT2D eigenvalue weighted by atomic mass is 10.0. The molecule has 0 bridgehead atoms. The molecule has 35 heavy (non-hydrogen) atoms. The molecule has 9 nitrogen and oxygen atoms in total. The summed E-state index contributed by atoms with van der Waals surface area (Å²) in [6.45, 7) is 17.3. The molecule has 0 saturated carbocycles. The van der Waals surface area contributed by atoms with E-state index in [4.69, 9.17) is 29.0 Å². The Bertz CT molecular complexity index is 868. The molecule has 0 saturated heterocycles. The molecule has 0 aliphatic carbocycles. The first kappa shape index (κ1) is 30.5. The molecule has 2 atom stereocenters. The SMILES string of the molecule is Cc1ccccc1C(=O)OOC(C)CC(C)(C)OC(=O)C(=O)OC(C)(C)CC(C)OOC(C)(C)C. The van der Waals surface area contributed by atoms with Crippen LogP contribution >= 0.6 is 0 Å². The average Bonchev–Trinajstić information content (AvgIpc) is 2.68. The molecule has 0 spiro atoms. The molecular weight excluding hydrogens is 456 g/mol. The smallest absolute Gasteiger partial charge is 0.418 e. The number of carbonyl (C=O) groups excluding carboxylic acids is 3. The molecule has 0 radical (unpaired) electrons. The molecule has 0 aromatic heterocycles. The van der Waals surface area contributed by atoms with Gasteiger partial charge < -0.3 is 9.47 Å². The van der Waals surface area contributed by atoms with Gasteiger partial charge in [-0.2, -0.15) is 4.89 Å². The van der Waals surface area contributed by atoms with Crippen molar-refractivity contribution in [3.63, 3.8) is 0 Å². The average molecular weight is 497 g/mol. The number of hydrogen-bond acceptors (Lipinski definition) is 9. The maximum Gasteiger partial charge on any atom is 0.418 e. The van der Waals surface area contributed by atoms with E-state index < -0.39 is 40.8 Å². The molecule has 1 aromatic carbocycles. The first-order valence-electron chi connectivity index (χ1n) is 11.6. The monoisotopic (exact) mass is 496 g/mol. The third-order valence-electron chi connectivity index (χ3n) is 4.58. The minimum atomic E-state index is -1.13. The summed E-state index contributed by atoms with van der Waals surface area (Å²) < 4.78 is 10.7. The van der Waals surface area contributed by atoms with Gasteiger partial charge in [0.25, 0.3) is 0 Å². The van der Waals surface area contributed by atoms with Crippen molar-refractivity contribution >= 4 is 17.9 Å². The van der Waals surface area contributed by atoms with Gasteiger partial charge in [0.1, 0.15) is 17.3 Å². The van der Waals surface area contributed by atoms with E-state index in [1.807, 2.05) is 26.8 Å². The molecule has 1 aromatic rings. The number of rotatable bonds is 11. The van der Waals surface area contributed by atoms with Gasteiger partial charge in [-0.25, -0.2) is 24.2 Å². The molecular formula is C26H40O9. The number of carbonyl (C=O) groups is 3. The summed E-state index contributed by atoms with van der Waals surface area (Å²) in [5.74, 6) is -2.88. The lowest BCUT2D eigenvalue weighted by Crippen LogP contribution is -2.40. The van der Waals surface area contributed by atoms with Crippen LogP contribution in [0, 0.1) is 6.92 Å². The lowest BCUT2D eigenvalue weighted by Gasteiger charge is -2.30. The van der Waals surface area contributed by atoms with E-state index in [1.54, 1.807) is 66.7 Å². The van der Waals surface area contributed by atoms with Crippen LogP contribution < -0.4 is 0 Å². The standard InChI is InChI=1S/C26H40O9/c1-17-13-11-12-14-20(17)21(27)34-32-18(2)15-25(7,8)30-22(28)23(29)31-26(9,10)16-19(3)33-35-24(4,5)6/h11-14,18-19H,15-16H2,1-10H3. The Labute approximate surface area is 208 Å². The normalized spacial score (nSPS) is 14.1. The fourth-order valence-electron chi connectivity index (χ4n) is 3.32. The van der Waals surface area contributed by atoms with E-state index in [0.717, 1.165) is 5.56 Å². The highest BCUT2D eigenvalue weighted by Crippen LogP contribution is 2.23. The molecule has 1 rings (SSSR count). The molecule has 2 unspecified atom stereocenters. The number of esters is 2. The van der Waals surface area contributed by atoms with E-state index in [2.05, 4.69) is 0 Å². The molecule has 0 aliphatic rings. The van der Waals surface area contributed by atoms with Gasteiger partial charge >= 0.3 is 17.9 Å². The molecule has 0 heterocycles. The van der Waals surface area contributed by atoms with Crippen molar-refractivity contribution in [2.24, 2.45) is 0 Å². The summed E-state index contributed by atoms with van der Waals surface area (Å²) >= 11 is 0. The second-order valence-electron chi connectivity index (χ2n) is 10.9. The number of aryl methyl sites for hydroxylation is 1. The van der Waals surface area contributed by atoms with Crippen LogP contribution in [0.15, 0.2) is 24.3 Å². The van der Waals surface area contributed by atoms with E-state index in [9.17, 15) is 14.4 Å². The Kier molecular flexibility index (Phi) is 10.9. The van der Waals surface area contributed by atoms with Crippen molar-refractivity contribution < 1.29 is 43.4 Å². The Morgan fingerprint density at radius 2 is 1.23 bits per heavy atom. The van der Waals surface area contributed by atoms with Crippen molar-refractivity contribution in [3.05, 3.63) is 35.4 Å². The first-order valence-corrected chi connectivity index (χ1v) is 11.6. The highest BCUT2D eigenvalue weighted by molar-refractivity contribution is 6.29. The van der Waals surface area contributed by atoms with E-state index in [0.29, 0.717) is 12.0 Å². The van der Waals surface area contributed by atoms with Crippen molar-refractivity contribution in [1.29, 1.82) is 0 Å². The fourth-order valence-corrected chi connectivity index (χ4v) is 3.32. The highest BCUT2D eigenvalue weighted by atomic mass is 17.2. The minimum Gasteiger partial charge on any atom is -0.451 e. The van der Waals surface area contributed by atoms with Gasteiger partial charge in [-0.05, 0) is 80.9 Å². The molecule has 0 fully saturated rings. The van der Waals surface area contributed by atoms with Gasteiger partial charge in [-0.15, -0.1) is 0 Å². The number of ether oxygens (including phenoxy) is 2. The largest absolute Gasteiger partial charge is 0.451 e. The summed E-state index contributed by atoms with van der Waals surface area (Å²) in [5, 5.41) is 0. The molecule has 198 valence electrons. The van der Waals surface area contributed by atoms with Crippen LogP contribution in [0.4, 0.5) is 0 Å². The Balaban J connectivity index is 2.54. The lowest BCUT2D eigenvalue weighted by molar-refractivity contribution is -0.373. The molecule has 9 heteroatoms. The van der Waals surface area contributed by atoms with Crippen molar-refractivity contribution in [1.82, 2.24) is 0 Å². The summed E-state index contributed by atoms with van der Waals surface area (Å²) in [6.07, 6.45) is -0.544. The Morgan fingerprint density at radius 1 is 0.771 bits per heavy atom. The third-order valence-corrected chi connectivity index (χ3v) is 4.58. The summed E-state index contributed by atoms with van der Waals surface area (Å²) in [4.78, 5) is 57.6. The molecule has 0 amide bonds. The fraction of sp³-hybridized carbons (Fsp3) is 0.654. The van der Waals surface area contributed by atoms with Gasteiger partial charge in [0.05, 0.1) is 17.3 Å².